The van der Waals surface area contributed by atoms with E-state index in [0.717, 1.165) is 23.3 Å². The van der Waals surface area contributed by atoms with Crippen LogP contribution in [0.25, 0.3) is 11.1 Å². The van der Waals surface area contributed by atoms with Gasteiger partial charge in [0.2, 0.25) is 0 Å². The van der Waals surface area contributed by atoms with E-state index < -0.39 is 17.6 Å². The SMILES string of the molecule is O=C(NCCn1cc(-c2ccccc2)cn1)c1ccc(C(F)(F)F)cc1. The fourth-order valence-electron chi connectivity index (χ4n) is 2.46. The van der Waals surface area contributed by atoms with E-state index in [9.17, 15) is 18.0 Å². The van der Waals surface area contributed by atoms with Crippen LogP contribution in [0.1, 0.15) is 15.9 Å². The van der Waals surface area contributed by atoms with Gasteiger partial charge < -0.3 is 5.32 Å². The Balaban J connectivity index is 1.53. The molecule has 0 aliphatic heterocycles. The molecule has 0 spiro atoms. The van der Waals surface area contributed by atoms with Crippen molar-refractivity contribution in [3.8, 4) is 11.1 Å². The third-order valence-corrected chi connectivity index (χ3v) is 3.84. The summed E-state index contributed by atoms with van der Waals surface area (Å²) in [5.41, 5.74) is 1.43. The fourth-order valence-corrected chi connectivity index (χ4v) is 2.46. The molecule has 1 N–H and O–H groups in total. The number of halogens is 3. The average Bonchev–Trinajstić information content (AvgIpc) is 3.11. The van der Waals surface area contributed by atoms with Gasteiger partial charge in [-0.2, -0.15) is 18.3 Å². The van der Waals surface area contributed by atoms with Crippen molar-refractivity contribution in [3.63, 3.8) is 0 Å². The molecule has 1 aromatic heterocycles. The zero-order chi connectivity index (χ0) is 18.6. The Labute approximate surface area is 148 Å². The van der Waals surface area contributed by atoms with Crippen molar-refractivity contribution in [1.29, 1.82) is 0 Å². The van der Waals surface area contributed by atoms with Crippen molar-refractivity contribution in [2.45, 2.75) is 12.7 Å². The molecule has 0 bridgehead atoms. The number of nitrogens with zero attached hydrogens (tertiary/aromatic N) is 2. The molecule has 134 valence electrons. The summed E-state index contributed by atoms with van der Waals surface area (Å²) in [6.45, 7) is 0.773. The Morgan fingerprint density at radius 2 is 1.69 bits per heavy atom. The van der Waals surface area contributed by atoms with Crippen LogP contribution in [0, 0.1) is 0 Å². The highest BCUT2D eigenvalue weighted by molar-refractivity contribution is 5.94. The number of alkyl halides is 3. The second-order valence-corrected chi connectivity index (χ2v) is 5.69. The van der Waals surface area contributed by atoms with E-state index in [1.807, 2.05) is 36.5 Å². The molecule has 0 saturated carbocycles. The molecule has 3 rings (SSSR count). The van der Waals surface area contributed by atoms with Gasteiger partial charge in [0.15, 0.2) is 0 Å². The van der Waals surface area contributed by atoms with Crippen molar-refractivity contribution < 1.29 is 18.0 Å². The Hall–Kier alpha value is -3.09. The zero-order valence-electron chi connectivity index (χ0n) is 13.7. The maximum atomic E-state index is 12.5. The van der Waals surface area contributed by atoms with Crippen molar-refractivity contribution in [1.82, 2.24) is 15.1 Å². The van der Waals surface area contributed by atoms with E-state index in [1.54, 1.807) is 10.9 Å². The van der Waals surface area contributed by atoms with E-state index in [4.69, 9.17) is 0 Å². The highest BCUT2D eigenvalue weighted by Gasteiger charge is 2.30. The Morgan fingerprint density at radius 3 is 2.35 bits per heavy atom. The van der Waals surface area contributed by atoms with Crippen LogP contribution in [0.2, 0.25) is 0 Å². The van der Waals surface area contributed by atoms with Gasteiger partial charge in [-0.05, 0) is 29.8 Å². The first-order valence-corrected chi connectivity index (χ1v) is 7.97. The van der Waals surface area contributed by atoms with Crippen LogP contribution in [0.15, 0.2) is 67.0 Å². The molecule has 1 amide bonds. The van der Waals surface area contributed by atoms with Gasteiger partial charge in [0.05, 0.1) is 18.3 Å². The molecule has 4 nitrogen and oxygen atoms in total. The monoisotopic (exact) mass is 359 g/mol. The Morgan fingerprint density at radius 1 is 1.00 bits per heavy atom. The van der Waals surface area contributed by atoms with Crippen molar-refractivity contribution >= 4 is 5.91 Å². The minimum absolute atomic E-state index is 0.184. The van der Waals surface area contributed by atoms with Gasteiger partial charge in [-0.3, -0.25) is 9.48 Å². The van der Waals surface area contributed by atoms with Crippen molar-refractivity contribution in [3.05, 3.63) is 78.1 Å². The summed E-state index contributed by atoms with van der Waals surface area (Å²) in [6, 6.07) is 13.9. The highest BCUT2D eigenvalue weighted by Crippen LogP contribution is 2.29. The lowest BCUT2D eigenvalue weighted by atomic mass is 10.1. The summed E-state index contributed by atoms with van der Waals surface area (Å²) in [7, 11) is 0. The van der Waals surface area contributed by atoms with Crippen LogP contribution in [-0.2, 0) is 12.7 Å². The standard InChI is InChI=1S/C19H16F3N3O/c20-19(21,22)17-8-6-15(7-9-17)18(26)23-10-11-25-13-16(12-24-25)14-4-2-1-3-5-14/h1-9,12-13H,10-11H2,(H,23,26). The number of benzene rings is 2. The molecular weight excluding hydrogens is 343 g/mol. The number of rotatable bonds is 5. The molecule has 0 aliphatic rings. The lowest BCUT2D eigenvalue weighted by molar-refractivity contribution is -0.137. The van der Waals surface area contributed by atoms with Gasteiger partial charge in [-0.15, -0.1) is 0 Å². The Bertz CT molecular complexity index is 871. The fraction of sp³-hybridized carbons (Fsp3) is 0.158. The molecule has 0 radical (unpaired) electrons. The number of hydrogen-bond acceptors (Lipinski definition) is 2. The van der Waals surface area contributed by atoms with Crippen LogP contribution in [0.3, 0.4) is 0 Å². The number of hydrogen-bond donors (Lipinski definition) is 1. The zero-order valence-corrected chi connectivity index (χ0v) is 13.7. The molecule has 3 aromatic rings. The predicted octanol–water partition coefficient (Wildman–Crippen LogP) is 4.00. The second kappa shape index (κ2) is 7.43. The summed E-state index contributed by atoms with van der Waals surface area (Å²) in [6.07, 6.45) is -0.793. The van der Waals surface area contributed by atoms with Crippen LogP contribution in [0.5, 0.6) is 0 Å². The number of carbonyl (C=O) groups excluding carboxylic acids is 1. The quantitative estimate of drug-likeness (QED) is 0.749. The van der Waals surface area contributed by atoms with Gasteiger partial charge in [-0.25, -0.2) is 0 Å². The normalized spacial score (nSPS) is 11.3. The summed E-state index contributed by atoms with van der Waals surface area (Å²) >= 11 is 0. The number of carbonyl (C=O) groups is 1. The van der Waals surface area contributed by atoms with Gasteiger partial charge in [0, 0.05) is 23.9 Å². The summed E-state index contributed by atoms with van der Waals surface area (Å²) in [5.74, 6) is -0.422. The van der Waals surface area contributed by atoms with Crippen LogP contribution < -0.4 is 5.32 Å². The van der Waals surface area contributed by atoms with Gasteiger partial charge in [0.1, 0.15) is 0 Å². The third-order valence-electron chi connectivity index (χ3n) is 3.84. The van der Waals surface area contributed by atoms with Gasteiger partial charge in [0.25, 0.3) is 5.91 Å². The third kappa shape index (κ3) is 4.30. The number of nitrogens with one attached hydrogen (secondary N) is 1. The minimum atomic E-state index is -4.41. The van der Waals surface area contributed by atoms with Gasteiger partial charge >= 0.3 is 6.18 Å². The molecule has 0 saturated heterocycles. The second-order valence-electron chi connectivity index (χ2n) is 5.69. The first-order chi connectivity index (χ1) is 12.4. The largest absolute Gasteiger partial charge is 0.416 e. The lowest BCUT2D eigenvalue weighted by Crippen LogP contribution is -2.27. The van der Waals surface area contributed by atoms with Crippen LogP contribution >= 0.6 is 0 Å². The summed E-state index contributed by atoms with van der Waals surface area (Å²) < 4.78 is 39.3. The van der Waals surface area contributed by atoms with Crippen LogP contribution in [-0.4, -0.2) is 22.2 Å². The number of amides is 1. The highest BCUT2D eigenvalue weighted by atomic mass is 19.4. The number of aromatic nitrogens is 2. The van der Waals surface area contributed by atoms with E-state index >= 15 is 0 Å². The Kier molecular flexibility index (Phi) is 5.06. The van der Waals surface area contributed by atoms with Crippen molar-refractivity contribution in [2.75, 3.05) is 6.54 Å². The maximum Gasteiger partial charge on any atom is 0.416 e. The van der Waals surface area contributed by atoms with E-state index in [0.29, 0.717) is 13.1 Å². The predicted molar refractivity (Wildman–Crippen MR) is 91.4 cm³/mol. The smallest absolute Gasteiger partial charge is 0.350 e. The first kappa shape index (κ1) is 17.7. The molecule has 0 fully saturated rings. The van der Waals surface area contributed by atoms with Crippen LogP contribution in [0.4, 0.5) is 13.2 Å². The topological polar surface area (TPSA) is 46.9 Å². The summed E-state index contributed by atoms with van der Waals surface area (Å²) in [5, 5.41) is 6.91. The minimum Gasteiger partial charge on any atom is -0.350 e. The molecule has 0 unspecified atom stereocenters. The van der Waals surface area contributed by atoms with Gasteiger partial charge in [-0.1, -0.05) is 30.3 Å². The maximum absolute atomic E-state index is 12.5. The average molecular weight is 359 g/mol. The van der Waals surface area contributed by atoms with Crippen molar-refractivity contribution in [2.24, 2.45) is 0 Å². The molecule has 26 heavy (non-hydrogen) atoms. The molecule has 7 heteroatoms. The first-order valence-electron chi connectivity index (χ1n) is 7.97. The van der Waals surface area contributed by atoms with E-state index in [2.05, 4.69) is 10.4 Å². The lowest BCUT2D eigenvalue weighted by Gasteiger charge is -2.08. The molecular formula is C19H16F3N3O. The molecule has 1 heterocycles. The molecule has 0 aliphatic carbocycles. The van der Waals surface area contributed by atoms with E-state index in [1.165, 1.54) is 12.1 Å². The van der Waals surface area contributed by atoms with E-state index in [-0.39, 0.29) is 5.56 Å². The molecule has 0 atom stereocenters. The summed E-state index contributed by atoms with van der Waals surface area (Å²) in [4.78, 5) is 12.0. The molecule has 2 aromatic carbocycles.